The molecule has 1 amide bonds. The molecule has 0 aliphatic rings. The normalized spacial score (nSPS) is 11.3. The number of benzene rings is 2. The van der Waals surface area contributed by atoms with E-state index in [0.717, 1.165) is 17.6 Å². The number of para-hydroxylation sites is 1. The lowest BCUT2D eigenvalue weighted by Gasteiger charge is -2.19. The van der Waals surface area contributed by atoms with Gasteiger partial charge in [0.25, 0.3) is 0 Å². The number of hydrogen-bond donors (Lipinski definition) is 1. The predicted molar refractivity (Wildman–Crippen MR) is 98.2 cm³/mol. The number of sulfonamides is 1. The van der Waals surface area contributed by atoms with E-state index in [-0.39, 0.29) is 19.0 Å². The van der Waals surface area contributed by atoms with Gasteiger partial charge in [-0.1, -0.05) is 30.3 Å². The molecule has 2 aromatic rings. The third-order valence-electron chi connectivity index (χ3n) is 3.66. The minimum Gasteiger partial charge on any atom is -0.497 e. The SMILES string of the molecule is COc1ccc(CCN(CC(=O)Nc2ccccc2)S(C)(=O)=O)cc1. The summed E-state index contributed by atoms with van der Waals surface area (Å²) >= 11 is 0. The molecule has 0 saturated heterocycles. The van der Waals surface area contributed by atoms with Crippen molar-refractivity contribution in [3.05, 3.63) is 60.2 Å². The van der Waals surface area contributed by atoms with Gasteiger partial charge in [0.2, 0.25) is 15.9 Å². The maximum Gasteiger partial charge on any atom is 0.239 e. The van der Waals surface area contributed by atoms with Crippen LogP contribution in [-0.2, 0) is 21.2 Å². The van der Waals surface area contributed by atoms with E-state index in [1.54, 1.807) is 31.4 Å². The number of nitrogens with zero attached hydrogens (tertiary/aromatic N) is 1. The van der Waals surface area contributed by atoms with Crippen LogP contribution >= 0.6 is 0 Å². The van der Waals surface area contributed by atoms with Crippen LogP contribution in [0.15, 0.2) is 54.6 Å². The van der Waals surface area contributed by atoms with Gasteiger partial charge in [-0.3, -0.25) is 4.79 Å². The lowest BCUT2D eigenvalue weighted by Crippen LogP contribution is -2.38. The summed E-state index contributed by atoms with van der Waals surface area (Å²) in [6, 6.07) is 16.3. The quantitative estimate of drug-likeness (QED) is 0.781. The highest BCUT2D eigenvalue weighted by Gasteiger charge is 2.20. The Balaban J connectivity index is 1.97. The number of rotatable bonds is 8. The smallest absolute Gasteiger partial charge is 0.239 e. The van der Waals surface area contributed by atoms with E-state index in [2.05, 4.69) is 5.32 Å². The molecular weight excluding hydrogens is 340 g/mol. The lowest BCUT2D eigenvalue weighted by atomic mass is 10.1. The third kappa shape index (κ3) is 6.21. The molecule has 0 atom stereocenters. The fourth-order valence-electron chi connectivity index (χ4n) is 2.29. The van der Waals surface area contributed by atoms with E-state index in [1.165, 1.54) is 4.31 Å². The average molecular weight is 362 g/mol. The van der Waals surface area contributed by atoms with Crippen molar-refractivity contribution >= 4 is 21.6 Å². The molecule has 7 heteroatoms. The highest BCUT2D eigenvalue weighted by atomic mass is 32.2. The molecule has 1 N–H and O–H groups in total. The van der Waals surface area contributed by atoms with Crippen molar-refractivity contribution in [3.63, 3.8) is 0 Å². The summed E-state index contributed by atoms with van der Waals surface area (Å²) in [4.78, 5) is 12.1. The second kappa shape index (κ2) is 8.64. The molecule has 0 unspecified atom stereocenters. The molecule has 0 aliphatic heterocycles. The number of carbonyl (C=O) groups excluding carboxylic acids is 1. The zero-order chi connectivity index (χ0) is 18.3. The van der Waals surface area contributed by atoms with E-state index >= 15 is 0 Å². The number of methoxy groups -OCH3 is 1. The molecule has 0 bridgehead atoms. The molecule has 25 heavy (non-hydrogen) atoms. The number of anilines is 1. The van der Waals surface area contributed by atoms with Crippen molar-refractivity contribution in [2.75, 3.05) is 31.8 Å². The summed E-state index contributed by atoms with van der Waals surface area (Å²) in [5.74, 6) is 0.373. The van der Waals surface area contributed by atoms with Crippen molar-refractivity contribution in [3.8, 4) is 5.75 Å². The van der Waals surface area contributed by atoms with E-state index in [4.69, 9.17) is 4.74 Å². The highest BCUT2D eigenvalue weighted by molar-refractivity contribution is 7.88. The van der Waals surface area contributed by atoms with Gasteiger partial charge in [0.1, 0.15) is 5.75 Å². The number of hydrogen-bond acceptors (Lipinski definition) is 4. The van der Waals surface area contributed by atoms with Crippen molar-refractivity contribution in [1.82, 2.24) is 4.31 Å². The van der Waals surface area contributed by atoms with Crippen LogP contribution < -0.4 is 10.1 Å². The van der Waals surface area contributed by atoms with Crippen LogP contribution in [0.25, 0.3) is 0 Å². The first-order chi connectivity index (χ1) is 11.9. The molecule has 0 saturated carbocycles. The molecular formula is C18H22N2O4S. The van der Waals surface area contributed by atoms with Gasteiger partial charge in [0, 0.05) is 12.2 Å². The summed E-state index contributed by atoms with van der Waals surface area (Å²) in [6.45, 7) is 0.0112. The minimum absolute atomic E-state index is 0.218. The molecule has 0 aliphatic carbocycles. The number of amides is 1. The zero-order valence-corrected chi connectivity index (χ0v) is 15.1. The number of ether oxygens (including phenoxy) is 1. The summed E-state index contributed by atoms with van der Waals surface area (Å²) in [6.07, 6.45) is 1.62. The van der Waals surface area contributed by atoms with Crippen LogP contribution in [0.3, 0.4) is 0 Å². The Morgan fingerprint density at radius 3 is 2.28 bits per heavy atom. The molecule has 0 aromatic heterocycles. The molecule has 2 rings (SSSR count). The Morgan fingerprint density at radius 2 is 1.72 bits per heavy atom. The topological polar surface area (TPSA) is 75.7 Å². The van der Waals surface area contributed by atoms with E-state index in [0.29, 0.717) is 12.1 Å². The Hall–Kier alpha value is -2.38. The van der Waals surface area contributed by atoms with Crippen LogP contribution in [0, 0.1) is 0 Å². The first-order valence-electron chi connectivity index (χ1n) is 7.81. The summed E-state index contributed by atoms with van der Waals surface area (Å²) < 4.78 is 30.2. The molecule has 0 spiro atoms. The van der Waals surface area contributed by atoms with Gasteiger partial charge < -0.3 is 10.1 Å². The first-order valence-corrected chi connectivity index (χ1v) is 9.66. The van der Waals surface area contributed by atoms with Gasteiger partial charge in [-0.05, 0) is 36.2 Å². The molecule has 0 fully saturated rings. The summed E-state index contributed by atoms with van der Waals surface area (Å²) in [5.41, 5.74) is 1.61. The van der Waals surface area contributed by atoms with E-state index in [1.807, 2.05) is 30.3 Å². The van der Waals surface area contributed by atoms with Gasteiger partial charge in [-0.25, -0.2) is 8.42 Å². The van der Waals surface area contributed by atoms with Crippen LogP contribution in [0.5, 0.6) is 5.75 Å². The third-order valence-corrected chi connectivity index (χ3v) is 4.91. The van der Waals surface area contributed by atoms with Crippen molar-refractivity contribution in [1.29, 1.82) is 0 Å². The Labute approximate surface area is 148 Å². The van der Waals surface area contributed by atoms with Crippen LogP contribution in [0.1, 0.15) is 5.56 Å². The predicted octanol–water partition coefficient (Wildman–Crippen LogP) is 2.14. The lowest BCUT2D eigenvalue weighted by molar-refractivity contribution is -0.116. The van der Waals surface area contributed by atoms with E-state index in [9.17, 15) is 13.2 Å². The number of carbonyl (C=O) groups is 1. The standard InChI is InChI=1S/C18H22N2O4S/c1-24-17-10-8-15(9-11-17)12-13-20(25(2,22)23)14-18(21)19-16-6-4-3-5-7-16/h3-11H,12-14H2,1-2H3,(H,19,21). The van der Waals surface area contributed by atoms with Crippen LogP contribution in [0.2, 0.25) is 0 Å². The maximum atomic E-state index is 12.1. The van der Waals surface area contributed by atoms with Crippen molar-refractivity contribution in [2.45, 2.75) is 6.42 Å². The second-order valence-corrected chi connectivity index (χ2v) is 7.59. The van der Waals surface area contributed by atoms with Gasteiger partial charge in [-0.15, -0.1) is 0 Å². The van der Waals surface area contributed by atoms with E-state index < -0.39 is 10.0 Å². The van der Waals surface area contributed by atoms with Gasteiger partial charge in [-0.2, -0.15) is 4.31 Å². The Morgan fingerprint density at radius 1 is 1.08 bits per heavy atom. The zero-order valence-electron chi connectivity index (χ0n) is 14.3. The first kappa shape index (κ1) is 19.0. The van der Waals surface area contributed by atoms with Gasteiger partial charge >= 0.3 is 0 Å². The fraction of sp³-hybridized carbons (Fsp3) is 0.278. The van der Waals surface area contributed by atoms with Gasteiger partial charge in [0.05, 0.1) is 19.9 Å². The monoisotopic (exact) mass is 362 g/mol. The molecule has 0 radical (unpaired) electrons. The highest BCUT2D eigenvalue weighted by Crippen LogP contribution is 2.13. The molecule has 2 aromatic carbocycles. The van der Waals surface area contributed by atoms with Crippen molar-refractivity contribution in [2.24, 2.45) is 0 Å². The Kier molecular flexibility index (Phi) is 6.55. The van der Waals surface area contributed by atoms with Crippen LogP contribution in [-0.4, -0.2) is 45.1 Å². The molecule has 134 valence electrons. The molecule has 0 heterocycles. The Bertz CT molecular complexity index is 790. The second-order valence-electron chi connectivity index (χ2n) is 5.61. The van der Waals surface area contributed by atoms with Gasteiger partial charge in [0.15, 0.2) is 0 Å². The van der Waals surface area contributed by atoms with Crippen LogP contribution in [0.4, 0.5) is 5.69 Å². The number of nitrogens with one attached hydrogen (secondary N) is 1. The molecule has 6 nitrogen and oxygen atoms in total. The van der Waals surface area contributed by atoms with Crippen molar-refractivity contribution < 1.29 is 17.9 Å². The maximum absolute atomic E-state index is 12.1. The largest absolute Gasteiger partial charge is 0.497 e. The fourth-order valence-corrected chi connectivity index (χ4v) is 3.07. The average Bonchev–Trinajstić information content (AvgIpc) is 2.59. The minimum atomic E-state index is -3.49. The summed E-state index contributed by atoms with van der Waals surface area (Å²) in [5, 5.41) is 2.70. The summed E-state index contributed by atoms with van der Waals surface area (Å²) in [7, 11) is -1.90.